The molecule has 1 saturated carbocycles. The lowest BCUT2D eigenvalue weighted by Gasteiger charge is -2.28. The van der Waals surface area contributed by atoms with Gasteiger partial charge in [-0.3, -0.25) is 0 Å². The van der Waals surface area contributed by atoms with Gasteiger partial charge in [0.25, 0.3) is 0 Å². The Kier molecular flexibility index (Phi) is 5.71. The van der Waals surface area contributed by atoms with Crippen LogP contribution in [-0.2, 0) is 6.54 Å². The van der Waals surface area contributed by atoms with Crippen molar-refractivity contribution in [2.75, 3.05) is 7.05 Å². The zero-order chi connectivity index (χ0) is 17.6. The van der Waals surface area contributed by atoms with Crippen molar-refractivity contribution in [1.29, 1.82) is 0 Å². The van der Waals surface area contributed by atoms with Crippen LogP contribution < -0.4 is 5.32 Å². The molecule has 0 heterocycles. The lowest BCUT2D eigenvalue weighted by atomic mass is 9.93. The quantitative estimate of drug-likeness (QED) is 0.891. The van der Waals surface area contributed by atoms with Crippen molar-refractivity contribution in [3.8, 4) is 11.1 Å². The van der Waals surface area contributed by atoms with Crippen molar-refractivity contribution in [2.24, 2.45) is 0 Å². The van der Waals surface area contributed by atoms with Crippen LogP contribution in [0.25, 0.3) is 11.1 Å². The number of urea groups is 1. The highest BCUT2D eigenvalue weighted by atomic mass is 16.3. The second-order valence-corrected chi connectivity index (χ2v) is 6.87. The molecule has 25 heavy (non-hydrogen) atoms. The van der Waals surface area contributed by atoms with E-state index in [1.165, 1.54) is 11.1 Å². The Balaban J connectivity index is 1.53. The van der Waals surface area contributed by atoms with Gasteiger partial charge in [-0.15, -0.1) is 0 Å². The summed E-state index contributed by atoms with van der Waals surface area (Å²) in [6, 6.07) is 18.7. The topological polar surface area (TPSA) is 52.6 Å². The van der Waals surface area contributed by atoms with Crippen LogP contribution in [0.3, 0.4) is 0 Å². The highest BCUT2D eigenvalue weighted by Crippen LogP contribution is 2.20. The molecule has 4 nitrogen and oxygen atoms in total. The van der Waals surface area contributed by atoms with E-state index >= 15 is 0 Å². The molecular formula is C21H26N2O2. The summed E-state index contributed by atoms with van der Waals surface area (Å²) < 4.78 is 0. The number of aliphatic hydroxyl groups is 1. The van der Waals surface area contributed by atoms with Crippen LogP contribution in [0.1, 0.15) is 31.2 Å². The minimum absolute atomic E-state index is 0.0477. The van der Waals surface area contributed by atoms with Crippen molar-refractivity contribution in [3.63, 3.8) is 0 Å². The first-order valence-electron chi connectivity index (χ1n) is 8.96. The van der Waals surface area contributed by atoms with Gasteiger partial charge in [0, 0.05) is 19.6 Å². The van der Waals surface area contributed by atoms with E-state index in [1.54, 1.807) is 4.90 Å². The maximum absolute atomic E-state index is 12.3. The highest BCUT2D eigenvalue weighted by molar-refractivity contribution is 5.74. The average Bonchev–Trinajstić information content (AvgIpc) is 2.65. The van der Waals surface area contributed by atoms with Gasteiger partial charge in [0.05, 0.1) is 6.10 Å². The molecule has 0 radical (unpaired) electrons. The number of hydrogen-bond acceptors (Lipinski definition) is 2. The van der Waals surface area contributed by atoms with E-state index in [1.807, 2.05) is 25.2 Å². The Morgan fingerprint density at radius 2 is 1.60 bits per heavy atom. The number of nitrogens with one attached hydrogen (secondary N) is 1. The fourth-order valence-corrected chi connectivity index (χ4v) is 3.28. The van der Waals surface area contributed by atoms with Crippen molar-refractivity contribution < 1.29 is 9.90 Å². The number of nitrogens with zero attached hydrogens (tertiary/aromatic N) is 1. The molecule has 3 rings (SSSR count). The Morgan fingerprint density at radius 1 is 1.00 bits per heavy atom. The van der Waals surface area contributed by atoms with Gasteiger partial charge in [-0.2, -0.15) is 0 Å². The molecule has 0 aromatic heterocycles. The SMILES string of the molecule is CN(Cc1ccc(-c2ccccc2)cc1)C(=O)NC1CCC(O)CC1. The fourth-order valence-electron chi connectivity index (χ4n) is 3.28. The van der Waals surface area contributed by atoms with Crippen LogP contribution in [0.5, 0.6) is 0 Å². The summed E-state index contributed by atoms with van der Waals surface area (Å²) in [5.41, 5.74) is 3.48. The monoisotopic (exact) mass is 338 g/mol. The summed E-state index contributed by atoms with van der Waals surface area (Å²) in [6.45, 7) is 0.580. The molecule has 4 heteroatoms. The van der Waals surface area contributed by atoms with Crippen LogP contribution >= 0.6 is 0 Å². The van der Waals surface area contributed by atoms with E-state index in [4.69, 9.17) is 0 Å². The molecular weight excluding hydrogens is 312 g/mol. The largest absolute Gasteiger partial charge is 0.393 e. The van der Waals surface area contributed by atoms with Crippen LogP contribution in [-0.4, -0.2) is 35.2 Å². The van der Waals surface area contributed by atoms with Crippen LogP contribution in [0, 0.1) is 0 Å². The van der Waals surface area contributed by atoms with E-state index in [9.17, 15) is 9.90 Å². The smallest absolute Gasteiger partial charge is 0.317 e. The molecule has 0 saturated heterocycles. The summed E-state index contributed by atoms with van der Waals surface area (Å²) in [4.78, 5) is 14.0. The van der Waals surface area contributed by atoms with Gasteiger partial charge in [0.2, 0.25) is 0 Å². The first-order chi connectivity index (χ1) is 12.1. The van der Waals surface area contributed by atoms with Gasteiger partial charge in [-0.05, 0) is 42.4 Å². The summed E-state index contributed by atoms with van der Waals surface area (Å²) in [7, 11) is 1.82. The van der Waals surface area contributed by atoms with Crippen molar-refractivity contribution in [1.82, 2.24) is 10.2 Å². The van der Waals surface area contributed by atoms with Gasteiger partial charge in [-0.1, -0.05) is 54.6 Å². The number of hydrogen-bond donors (Lipinski definition) is 2. The second-order valence-electron chi connectivity index (χ2n) is 6.87. The molecule has 2 amide bonds. The third-order valence-electron chi connectivity index (χ3n) is 4.85. The Bertz CT molecular complexity index is 677. The first kappa shape index (κ1) is 17.5. The molecule has 0 atom stereocenters. The third kappa shape index (κ3) is 4.83. The van der Waals surface area contributed by atoms with Crippen molar-refractivity contribution in [2.45, 2.75) is 44.4 Å². The number of rotatable bonds is 4. The summed E-state index contributed by atoms with van der Waals surface area (Å²) in [5, 5.41) is 12.6. The first-order valence-corrected chi connectivity index (χ1v) is 8.96. The number of carbonyl (C=O) groups is 1. The second kappa shape index (κ2) is 8.17. The van der Waals surface area contributed by atoms with E-state index in [0.717, 1.165) is 31.2 Å². The fraction of sp³-hybridized carbons (Fsp3) is 0.381. The number of aliphatic hydroxyl groups excluding tert-OH is 1. The maximum Gasteiger partial charge on any atom is 0.317 e. The standard InChI is InChI=1S/C21H26N2O2/c1-23(21(25)22-19-11-13-20(24)14-12-19)15-16-7-9-18(10-8-16)17-5-3-2-4-6-17/h2-10,19-20,24H,11-15H2,1H3,(H,22,25). The molecule has 0 aliphatic heterocycles. The van der Waals surface area contributed by atoms with Gasteiger partial charge in [0.15, 0.2) is 0 Å². The average molecular weight is 338 g/mol. The normalized spacial score (nSPS) is 20.1. The molecule has 2 aromatic carbocycles. The number of carbonyl (C=O) groups excluding carboxylic acids is 1. The van der Waals surface area contributed by atoms with Gasteiger partial charge in [-0.25, -0.2) is 4.79 Å². The molecule has 2 aromatic rings. The molecule has 2 N–H and O–H groups in total. The van der Waals surface area contributed by atoms with E-state index in [-0.39, 0.29) is 18.2 Å². The Hall–Kier alpha value is -2.33. The predicted octanol–water partition coefficient (Wildman–Crippen LogP) is 3.80. The van der Waals surface area contributed by atoms with Gasteiger partial charge < -0.3 is 15.3 Å². The Morgan fingerprint density at radius 3 is 2.24 bits per heavy atom. The molecule has 132 valence electrons. The zero-order valence-electron chi connectivity index (χ0n) is 14.7. The van der Waals surface area contributed by atoms with E-state index < -0.39 is 0 Å². The highest BCUT2D eigenvalue weighted by Gasteiger charge is 2.22. The lowest BCUT2D eigenvalue weighted by Crippen LogP contribution is -2.44. The van der Waals surface area contributed by atoms with Crippen molar-refractivity contribution >= 4 is 6.03 Å². The minimum Gasteiger partial charge on any atom is -0.393 e. The summed E-state index contributed by atoms with van der Waals surface area (Å²) in [5.74, 6) is 0. The molecule has 1 fully saturated rings. The minimum atomic E-state index is -0.200. The predicted molar refractivity (Wildman–Crippen MR) is 100 cm³/mol. The zero-order valence-corrected chi connectivity index (χ0v) is 14.7. The van der Waals surface area contributed by atoms with E-state index in [0.29, 0.717) is 6.54 Å². The van der Waals surface area contributed by atoms with Crippen molar-refractivity contribution in [3.05, 3.63) is 60.2 Å². The van der Waals surface area contributed by atoms with Crippen LogP contribution in [0.4, 0.5) is 4.79 Å². The molecule has 0 unspecified atom stereocenters. The Labute approximate surface area is 149 Å². The summed E-state index contributed by atoms with van der Waals surface area (Å²) >= 11 is 0. The van der Waals surface area contributed by atoms with Crippen LogP contribution in [0.2, 0.25) is 0 Å². The molecule has 1 aliphatic rings. The molecule has 0 bridgehead atoms. The number of amides is 2. The lowest BCUT2D eigenvalue weighted by molar-refractivity contribution is 0.115. The summed E-state index contributed by atoms with van der Waals surface area (Å²) in [6.07, 6.45) is 3.05. The molecule has 1 aliphatic carbocycles. The van der Waals surface area contributed by atoms with Gasteiger partial charge >= 0.3 is 6.03 Å². The maximum atomic E-state index is 12.3. The molecule has 0 spiro atoms. The van der Waals surface area contributed by atoms with E-state index in [2.05, 4.69) is 41.7 Å². The van der Waals surface area contributed by atoms with Crippen LogP contribution in [0.15, 0.2) is 54.6 Å². The number of benzene rings is 2. The third-order valence-corrected chi connectivity index (χ3v) is 4.85. The van der Waals surface area contributed by atoms with Gasteiger partial charge in [0.1, 0.15) is 0 Å².